The van der Waals surface area contributed by atoms with E-state index >= 15 is 0 Å². The molecule has 2 heterocycles. The number of nitrogens with two attached hydrogens (primary N) is 1. The van der Waals surface area contributed by atoms with Crippen molar-refractivity contribution in [3.8, 4) is 0 Å². The number of carbonyl (C=O) groups excluding carboxylic acids is 2. The Hall–Kier alpha value is -2.14. The minimum absolute atomic E-state index is 0.145. The van der Waals surface area contributed by atoms with E-state index in [1.165, 1.54) is 0 Å². The van der Waals surface area contributed by atoms with Gasteiger partial charge >= 0.3 is 12.2 Å². The van der Waals surface area contributed by atoms with Crippen LogP contribution < -0.4 is 11.1 Å². The third-order valence-corrected chi connectivity index (χ3v) is 5.47. The molecule has 1 unspecified atom stereocenters. The zero-order valence-corrected chi connectivity index (χ0v) is 15.6. The molecule has 29 heavy (non-hydrogen) atoms. The first-order chi connectivity index (χ1) is 13.5. The van der Waals surface area contributed by atoms with E-state index in [0.717, 1.165) is 17.0 Å². The van der Waals surface area contributed by atoms with E-state index in [1.54, 1.807) is 0 Å². The fraction of sp³-hybridized carbons (Fsp3) is 0.529. The van der Waals surface area contributed by atoms with Crippen LogP contribution in [0.4, 0.5) is 26.7 Å². The molecule has 3 N–H and O–H groups in total. The summed E-state index contributed by atoms with van der Waals surface area (Å²) >= 11 is 5.64. The van der Waals surface area contributed by atoms with Gasteiger partial charge in [-0.25, -0.2) is 13.6 Å². The molecule has 2 fully saturated rings. The van der Waals surface area contributed by atoms with Gasteiger partial charge in [-0.3, -0.25) is 4.79 Å². The number of nitrogens with zero attached hydrogens (tertiary/aromatic N) is 1. The maximum atomic E-state index is 14.7. The number of rotatable bonds is 4. The standard InChI is InChI=1S/C17H17ClF5N3O3/c18-12-9(19)3-2-8(13(12)20)14(26-5-10(15(24)27)25-16(26)28)11-4-1-7(6-29-11)17(21,22)23/h2-3,7,10-11,14H,1,4-6H2,(H2,24,27)(H,25,28)/t7-,10?,11+,14-/m0/s1. The van der Waals surface area contributed by atoms with Crippen LogP contribution in [0.2, 0.25) is 5.02 Å². The largest absolute Gasteiger partial charge is 0.394 e. The summed E-state index contributed by atoms with van der Waals surface area (Å²) in [5.74, 6) is -4.71. The fourth-order valence-corrected chi connectivity index (χ4v) is 3.75. The van der Waals surface area contributed by atoms with Crippen LogP contribution in [0, 0.1) is 17.6 Å². The predicted octanol–water partition coefficient (Wildman–Crippen LogP) is 2.90. The summed E-state index contributed by atoms with van der Waals surface area (Å²) in [5, 5.41) is 1.50. The molecule has 1 aromatic rings. The molecule has 0 aliphatic carbocycles. The molecule has 3 amide bonds. The second kappa shape index (κ2) is 7.94. The van der Waals surface area contributed by atoms with Crippen molar-refractivity contribution in [3.63, 3.8) is 0 Å². The third-order valence-electron chi connectivity index (χ3n) is 5.13. The van der Waals surface area contributed by atoms with E-state index in [4.69, 9.17) is 22.1 Å². The highest BCUT2D eigenvalue weighted by molar-refractivity contribution is 6.31. The normalized spacial score (nSPS) is 26.3. The Morgan fingerprint density at radius 2 is 2.00 bits per heavy atom. The van der Waals surface area contributed by atoms with Crippen molar-refractivity contribution in [1.29, 1.82) is 0 Å². The number of halogens is 6. The van der Waals surface area contributed by atoms with Gasteiger partial charge in [0.15, 0.2) is 0 Å². The zero-order chi connectivity index (χ0) is 21.5. The molecule has 4 atom stereocenters. The average Bonchev–Trinajstić information content (AvgIpc) is 3.03. The van der Waals surface area contributed by atoms with Crippen molar-refractivity contribution >= 4 is 23.5 Å². The van der Waals surface area contributed by atoms with Crippen molar-refractivity contribution in [2.75, 3.05) is 13.2 Å². The molecule has 0 aromatic heterocycles. The second-order valence-corrected chi connectivity index (χ2v) is 7.33. The van der Waals surface area contributed by atoms with Gasteiger partial charge in [-0.15, -0.1) is 0 Å². The Kier molecular flexibility index (Phi) is 5.91. The summed E-state index contributed by atoms with van der Waals surface area (Å²) in [4.78, 5) is 24.8. The first kappa shape index (κ1) is 21.6. The minimum atomic E-state index is -4.45. The van der Waals surface area contributed by atoms with Crippen LogP contribution in [-0.4, -0.2) is 48.3 Å². The highest BCUT2D eigenvalue weighted by Gasteiger charge is 2.47. The maximum Gasteiger partial charge on any atom is 0.394 e. The van der Waals surface area contributed by atoms with E-state index in [2.05, 4.69) is 5.32 Å². The smallest absolute Gasteiger partial charge is 0.375 e. The van der Waals surface area contributed by atoms with Gasteiger partial charge in [0.25, 0.3) is 0 Å². The molecular weight excluding hydrogens is 425 g/mol. The number of primary amides is 1. The monoisotopic (exact) mass is 441 g/mol. The first-order valence-electron chi connectivity index (χ1n) is 8.68. The summed E-state index contributed by atoms with van der Waals surface area (Å²) in [6.07, 6.45) is -5.92. The van der Waals surface area contributed by atoms with Crippen molar-refractivity contribution in [2.45, 2.75) is 37.2 Å². The van der Waals surface area contributed by atoms with Crippen molar-refractivity contribution in [2.24, 2.45) is 11.7 Å². The highest BCUT2D eigenvalue weighted by Crippen LogP contribution is 2.41. The molecule has 2 aliphatic rings. The molecule has 0 saturated carbocycles. The third kappa shape index (κ3) is 4.25. The van der Waals surface area contributed by atoms with Gasteiger partial charge in [0.2, 0.25) is 5.91 Å². The Morgan fingerprint density at radius 1 is 1.31 bits per heavy atom. The summed E-state index contributed by atoms with van der Waals surface area (Å²) in [6.45, 7) is -0.925. The van der Waals surface area contributed by atoms with Crippen LogP contribution in [0.1, 0.15) is 24.4 Å². The lowest BCUT2D eigenvalue weighted by Crippen LogP contribution is -2.44. The Bertz CT molecular complexity index is 814. The molecule has 2 saturated heterocycles. The van der Waals surface area contributed by atoms with Crippen molar-refractivity contribution in [1.82, 2.24) is 10.2 Å². The zero-order valence-electron chi connectivity index (χ0n) is 14.8. The van der Waals surface area contributed by atoms with Gasteiger partial charge in [-0.2, -0.15) is 13.2 Å². The summed E-state index contributed by atoms with van der Waals surface area (Å²) < 4.78 is 72.4. The molecule has 12 heteroatoms. The van der Waals surface area contributed by atoms with Crippen molar-refractivity contribution in [3.05, 3.63) is 34.4 Å². The van der Waals surface area contributed by atoms with Crippen LogP contribution in [0.5, 0.6) is 0 Å². The number of ether oxygens (including phenoxy) is 1. The van der Waals surface area contributed by atoms with Crippen LogP contribution in [0.25, 0.3) is 0 Å². The number of nitrogens with one attached hydrogen (secondary N) is 1. The number of alkyl halides is 3. The number of urea groups is 1. The van der Waals surface area contributed by atoms with Gasteiger partial charge in [0.1, 0.15) is 22.7 Å². The van der Waals surface area contributed by atoms with Gasteiger partial charge in [-0.1, -0.05) is 17.7 Å². The van der Waals surface area contributed by atoms with Gasteiger partial charge in [0.05, 0.1) is 31.2 Å². The molecule has 0 spiro atoms. The molecule has 0 radical (unpaired) electrons. The predicted molar refractivity (Wildman–Crippen MR) is 90.8 cm³/mol. The average molecular weight is 442 g/mol. The topological polar surface area (TPSA) is 84.7 Å². The van der Waals surface area contributed by atoms with E-state index in [-0.39, 0.29) is 24.9 Å². The fourth-order valence-electron chi connectivity index (χ4n) is 3.58. The second-order valence-electron chi connectivity index (χ2n) is 6.95. The van der Waals surface area contributed by atoms with Crippen LogP contribution in [0.15, 0.2) is 12.1 Å². The number of carbonyl (C=O) groups is 2. The lowest BCUT2D eigenvalue weighted by atomic mass is 9.90. The molecule has 6 nitrogen and oxygen atoms in total. The molecule has 1 aromatic carbocycles. The molecule has 2 aliphatic heterocycles. The SMILES string of the molecule is NC(=O)C1CN([C@@H](c2ccc(F)c(Cl)c2F)[C@H]2CC[C@H](C(F)(F)F)CO2)C(=O)N1. The molecular formula is C17H17ClF5N3O3. The summed E-state index contributed by atoms with van der Waals surface area (Å²) in [6, 6.07) is -1.15. The lowest BCUT2D eigenvalue weighted by molar-refractivity contribution is -0.211. The summed E-state index contributed by atoms with van der Waals surface area (Å²) in [5.41, 5.74) is 4.97. The summed E-state index contributed by atoms with van der Waals surface area (Å²) in [7, 11) is 0. The van der Waals surface area contributed by atoms with E-state index < -0.39 is 65.5 Å². The first-order valence-corrected chi connectivity index (χ1v) is 9.06. The van der Waals surface area contributed by atoms with Crippen LogP contribution in [0.3, 0.4) is 0 Å². The number of hydrogen-bond donors (Lipinski definition) is 2. The lowest BCUT2D eigenvalue weighted by Gasteiger charge is -2.38. The molecule has 3 rings (SSSR count). The van der Waals surface area contributed by atoms with E-state index in [1.807, 2.05) is 0 Å². The molecule has 0 bridgehead atoms. The Labute approximate surface area is 167 Å². The Balaban J connectivity index is 1.95. The van der Waals surface area contributed by atoms with Crippen LogP contribution in [-0.2, 0) is 9.53 Å². The molecule has 160 valence electrons. The quantitative estimate of drug-likeness (QED) is 0.556. The van der Waals surface area contributed by atoms with Gasteiger partial charge in [-0.05, 0) is 18.9 Å². The van der Waals surface area contributed by atoms with Gasteiger partial charge in [0, 0.05) is 5.56 Å². The Morgan fingerprint density at radius 3 is 2.52 bits per heavy atom. The maximum absolute atomic E-state index is 14.7. The number of amides is 3. The minimum Gasteiger partial charge on any atom is -0.375 e. The number of hydrogen-bond acceptors (Lipinski definition) is 3. The van der Waals surface area contributed by atoms with E-state index in [0.29, 0.717) is 0 Å². The van der Waals surface area contributed by atoms with Crippen molar-refractivity contribution < 1.29 is 36.3 Å². The van der Waals surface area contributed by atoms with E-state index in [9.17, 15) is 31.5 Å². The van der Waals surface area contributed by atoms with Crippen LogP contribution >= 0.6 is 11.6 Å². The number of benzene rings is 1. The van der Waals surface area contributed by atoms with Gasteiger partial charge < -0.3 is 20.7 Å². The highest BCUT2D eigenvalue weighted by atomic mass is 35.5.